The van der Waals surface area contributed by atoms with Gasteiger partial charge in [-0.1, -0.05) is 173 Å². The van der Waals surface area contributed by atoms with Crippen molar-refractivity contribution in [3.8, 4) is 0 Å². The number of carbonyl (C=O) groups excluding carboxylic acids is 1. The van der Waals surface area contributed by atoms with Gasteiger partial charge in [-0.25, -0.2) is 0 Å². The number of allylic oxidation sites excluding steroid dienone is 1. The van der Waals surface area contributed by atoms with E-state index in [0.29, 0.717) is 19.4 Å². The molecule has 0 radical (unpaired) electrons. The van der Waals surface area contributed by atoms with E-state index in [0.717, 1.165) is 32.1 Å². The largest absolute Gasteiger partial charge is 0.392 e. The number of hydrogen-bond acceptors (Lipinski definition) is 7. The number of nitrogens with one attached hydrogen (secondary N) is 2. The van der Waals surface area contributed by atoms with Crippen molar-refractivity contribution in [3.63, 3.8) is 0 Å². The van der Waals surface area contributed by atoms with Crippen LogP contribution in [0.2, 0.25) is 0 Å². The molecule has 0 heterocycles. The van der Waals surface area contributed by atoms with E-state index in [1.165, 1.54) is 128 Å². The van der Waals surface area contributed by atoms with Crippen LogP contribution in [0.3, 0.4) is 0 Å². The Balaban J connectivity index is 2.44. The molecule has 1 rings (SSSR count). The Morgan fingerprint density at radius 1 is 0.700 bits per heavy atom. The van der Waals surface area contributed by atoms with Gasteiger partial charge in [-0.15, -0.1) is 0 Å². The van der Waals surface area contributed by atoms with Gasteiger partial charge in [0, 0.05) is 6.42 Å². The van der Waals surface area contributed by atoms with Crippen LogP contribution in [0.4, 0.5) is 0 Å². The van der Waals surface area contributed by atoms with Gasteiger partial charge in [-0.05, 0) is 37.8 Å². The van der Waals surface area contributed by atoms with E-state index in [2.05, 4.69) is 24.5 Å². The van der Waals surface area contributed by atoms with Gasteiger partial charge >= 0.3 is 0 Å². The van der Waals surface area contributed by atoms with Crippen molar-refractivity contribution in [2.24, 2.45) is 0 Å². The zero-order valence-corrected chi connectivity index (χ0v) is 32.3. The van der Waals surface area contributed by atoms with Gasteiger partial charge in [0.05, 0.1) is 24.8 Å². The molecule has 0 aromatic rings. The van der Waals surface area contributed by atoms with Crippen LogP contribution >= 0.6 is 0 Å². The highest BCUT2D eigenvalue weighted by Gasteiger charge is 2.36. The van der Waals surface area contributed by atoms with Crippen LogP contribution < -0.4 is 10.6 Å². The van der Waals surface area contributed by atoms with Crippen molar-refractivity contribution >= 4 is 5.91 Å². The molecule has 8 heteroatoms. The molecule has 0 unspecified atom stereocenters. The molecule has 1 aliphatic carbocycles. The van der Waals surface area contributed by atoms with Crippen LogP contribution in [-0.2, 0) is 4.79 Å². The first-order chi connectivity index (χ1) is 24.3. The molecule has 1 amide bonds. The predicted octanol–water partition coefficient (Wildman–Crippen LogP) is 7.93. The van der Waals surface area contributed by atoms with Crippen molar-refractivity contribution in [1.82, 2.24) is 10.6 Å². The van der Waals surface area contributed by atoms with Crippen molar-refractivity contribution in [2.75, 3.05) is 13.2 Å². The van der Waals surface area contributed by atoms with Crippen LogP contribution in [0.1, 0.15) is 187 Å². The normalized spacial score (nSPS) is 20.7. The summed E-state index contributed by atoms with van der Waals surface area (Å²) in [5.41, 5.74) is 0.258. The quantitative estimate of drug-likeness (QED) is 0.0266. The van der Waals surface area contributed by atoms with Gasteiger partial charge in [0.15, 0.2) is 0 Å². The molecular formula is C42H80N2O6. The van der Waals surface area contributed by atoms with E-state index in [-0.39, 0.29) is 11.5 Å². The Labute approximate surface area is 307 Å². The maximum atomic E-state index is 12.9. The van der Waals surface area contributed by atoms with Crippen LogP contribution in [0, 0.1) is 0 Å². The van der Waals surface area contributed by atoms with E-state index in [1.54, 1.807) is 12.2 Å². The molecule has 294 valence electrons. The minimum atomic E-state index is -1.40. The van der Waals surface area contributed by atoms with Gasteiger partial charge in [-0.3, -0.25) is 4.79 Å². The molecule has 0 aromatic heterocycles. The Hall–Kier alpha value is -1.29. The summed E-state index contributed by atoms with van der Waals surface area (Å²) in [5.74, 6) is -0.0606. The predicted molar refractivity (Wildman–Crippen MR) is 208 cm³/mol. The van der Waals surface area contributed by atoms with Gasteiger partial charge < -0.3 is 36.2 Å². The molecule has 50 heavy (non-hydrogen) atoms. The minimum Gasteiger partial charge on any atom is -0.392 e. The summed E-state index contributed by atoms with van der Waals surface area (Å²) in [6, 6.07) is -1.16. The lowest BCUT2D eigenvalue weighted by Crippen LogP contribution is -2.54. The van der Waals surface area contributed by atoms with E-state index in [9.17, 15) is 30.3 Å². The molecule has 6 atom stereocenters. The van der Waals surface area contributed by atoms with Crippen molar-refractivity contribution in [1.29, 1.82) is 0 Å². The number of carbonyl (C=O) groups is 1. The number of unbranched alkanes of at least 4 members (excludes halogenated alkanes) is 23. The van der Waals surface area contributed by atoms with Gasteiger partial charge in [0.1, 0.15) is 18.3 Å². The fourth-order valence-electron chi connectivity index (χ4n) is 6.98. The number of amides is 1. The van der Waals surface area contributed by atoms with Crippen LogP contribution in [0.25, 0.3) is 0 Å². The average Bonchev–Trinajstić information content (AvgIpc) is 3.11. The molecular weight excluding hydrogens is 628 g/mol. The lowest BCUT2D eigenvalue weighted by Gasteiger charge is -2.35. The third-order valence-electron chi connectivity index (χ3n) is 10.4. The average molecular weight is 709 g/mol. The number of rotatable bonds is 34. The number of aliphatic hydroxyl groups is 5. The minimum absolute atomic E-state index is 0.0606. The number of hydrogen-bond donors (Lipinski definition) is 7. The first kappa shape index (κ1) is 46.7. The SMILES string of the molecule is CCCCCCCCCCCCC/C=C/[C@@H](O)[C@H](CCN[C@@H]1C=C(CO)[C@H](O)[C@H](O)[C@H]1O)NC(=O)CCCCCCCCCCCCCCC. The monoisotopic (exact) mass is 709 g/mol. The summed E-state index contributed by atoms with van der Waals surface area (Å²) in [5, 5.41) is 57.5. The molecule has 0 aliphatic heterocycles. The molecule has 0 saturated heterocycles. The molecule has 1 aliphatic rings. The number of aliphatic hydroxyl groups excluding tert-OH is 5. The van der Waals surface area contributed by atoms with Crippen molar-refractivity contribution < 1.29 is 30.3 Å². The lowest BCUT2D eigenvalue weighted by molar-refractivity contribution is -0.122. The zero-order chi connectivity index (χ0) is 36.7. The third kappa shape index (κ3) is 23.3. The summed E-state index contributed by atoms with van der Waals surface area (Å²) in [6.45, 7) is 4.45. The fraction of sp³-hybridized carbons (Fsp3) is 0.881. The second-order valence-corrected chi connectivity index (χ2v) is 15.0. The highest BCUT2D eigenvalue weighted by Crippen LogP contribution is 2.20. The summed E-state index contributed by atoms with van der Waals surface area (Å²) < 4.78 is 0. The molecule has 0 aromatic carbocycles. The maximum absolute atomic E-state index is 12.9. The summed E-state index contributed by atoms with van der Waals surface area (Å²) in [6.07, 6.45) is 32.9. The highest BCUT2D eigenvalue weighted by molar-refractivity contribution is 5.76. The lowest BCUT2D eigenvalue weighted by atomic mass is 9.88. The van der Waals surface area contributed by atoms with Crippen molar-refractivity contribution in [2.45, 2.75) is 224 Å². The van der Waals surface area contributed by atoms with Crippen molar-refractivity contribution in [3.05, 3.63) is 23.8 Å². The summed E-state index contributed by atoms with van der Waals surface area (Å²) in [4.78, 5) is 12.9. The zero-order valence-electron chi connectivity index (χ0n) is 32.3. The van der Waals surface area contributed by atoms with E-state index in [1.807, 2.05) is 6.08 Å². The Morgan fingerprint density at radius 2 is 1.16 bits per heavy atom. The summed E-state index contributed by atoms with van der Waals surface area (Å²) >= 11 is 0. The molecule has 0 fully saturated rings. The fourth-order valence-corrected chi connectivity index (χ4v) is 6.98. The molecule has 0 spiro atoms. The first-order valence-electron chi connectivity index (χ1n) is 21.1. The van der Waals surface area contributed by atoms with E-state index in [4.69, 9.17) is 0 Å². The standard InChI is InChI=1S/C42H80N2O6/c1-3-5-7-9-11-13-15-17-19-21-23-25-27-29-38(46)36(31-32-43-37-33-35(34-45)40(48)42(50)41(37)49)44-39(47)30-28-26-24-22-20-18-16-14-12-10-8-6-4-2/h27,29,33,36-38,40-43,45-46,48-50H,3-26,28,30-32,34H2,1-2H3,(H,44,47)/b29-27+/t36-,37+,38+,40-,41-,42-/m0/s1. The van der Waals surface area contributed by atoms with Gasteiger partial charge in [-0.2, -0.15) is 0 Å². The van der Waals surface area contributed by atoms with Crippen LogP contribution in [0.15, 0.2) is 23.8 Å². The van der Waals surface area contributed by atoms with Crippen LogP contribution in [-0.4, -0.2) is 81.1 Å². The van der Waals surface area contributed by atoms with Gasteiger partial charge in [0.25, 0.3) is 0 Å². The van der Waals surface area contributed by atoms with Gasteiger partial charge in [0.2, 0.25) is 5.91 Å². The first-order valence-corrected chi connectivity index (χ1v) is 21.1. The van der Waals surface area contributed by atoms with E-state index < -0.39 is 43.1 Å². The molecule has 0 bridgehead atoms. The Kier molecular flexibility index (Phi) is 30.3. The Morgan fingerprint density at radius 3 is 1.64 bits per heavy atom. The maximum Gasteiger partial charge on any atom is 0.220 e. The Bertz CT molecular complexity index is 852. The second kappa shape index (κ2) is 32.4. The third-order valence-corrected chi connectivity index (χ3v) is 10.4. The van der Waals surface area contributed by atoms with Crippen LogP contribution in [0.5, 0.6) is 0 Å². The molecule has 8 nitrogen and oxygen atoms in total. The highest BCUT2D eigenvalue weighted by atomic mass is 16.4. The molecule has 7 N–H and O–H groups in total. The summed E-state index contributed by atoms with van der Waals surface area (Å²) in [7, 11) is 0. The van der Waals surface area contributed by atoms with E-state index >= 15 is 0 Å². The second-order valence-electron chi connectivity index (χ2n) is 15.0. The smallest absolute Gasteiger partial charge is 0.220 e. The molecule has 0 saturated carbocycles. The topological polar surface area (TPSA) is 142 Å².